The molecule has 2 N–H and O–H groups in total. The van der Waals surface area contributed by atoms with E-state index in [1.807, 2.05) is 72.1 Å². The van der Waals surface area contributed by atoms with E-state index < -0.39 is 0 Å². The van der Waals surface area contributed by atoms with Gasteiger partial charge >= 0.3 is 0 Å². The van der Waals surface area contributed by atoms with Crippen molar-refractivity contribution in [1.82, 2.24) is 15.3 Å². The number of nitrogens with zero attached hydrogens (tertiary/aromatic N) is 2. The number of anilines is 1. The Morgan fingerprint density at radius 1 is 0.933 bits per heavy atom. The predicted octanol–water partition coefficient (Wildman–Crippen LogP) is 4.54. The Hall–Kier alpha value is -3.35. The molecule has 0 aliphatic carbocycles. The Morgan fingerprint density at radius 2 is 1.77 bits per heavy atom. The van der Waals surface area contributed by atoms with Gasteiger partial charge in [-0.25, -0.2) is 4.98 Å². The lowest BCUT2D eigenvalue weighted by atomic mass is 10.0. The lowest BCUT2D eigenvalue weighted by Crippen LogP contribution is -2.41. The number of carbonyl (C=O) groups is 1. The van der Waals surface area contributed by atoms with Gasteiger partial charge in [0.1, 0.15) is 5.01 Å². The van der Waals surface area contributed by atoms with Gasteiger partial charge < -0.3 is 5.32 Å². The molecular formula is C24H22N4OS. The van der Waals surface area contributed by atoms with E-state index >= 15 is 0 Å². The highest BCUT2D eigenvalue weighted by atomic mass is 32.1. The minimum Gasteiger partial charge on any atom is -0.325 e. The summed E-state index contributed by atoms with van der Waals surface area (Å²) in [5.41, 5.74) is 3.97. The molecule has 0 bridgehead atoms. The molecule has 2 aromatic carbocycles. The van der Waals surface area contributed by atoms with Gasteiger partial charge in [-0.3, -0.25) is 15.1 Å². The van der Waals surface area contributed by atoms with Crippen LogP contribution in [0.2, 0.25) is 0 Å². The first-order chi connectivity index (χ1) is 14.8. The summed E-state index contributed by atoms with van der Waals surface area (Å²) in [6, 6.07) is 21.4. The van der Waals surface area contributed by atoms with E-state index in [4.69, 9.17) is 0 Å². The van der Waals surface area contributed by atoms with Crippen molar-refractivity contribution in [3.05, 3.63) is 101 Å². The molecule has 150 valence electrons. The third-order valence-corrected chi connectivity index (χ3v) is 5.51. The smallest absolute Gasteiger partial charge is 0.241 e. The first kappa shape index (κ1) is 19.9. The minimum atomic E-state index is -0.374. The Kier molecular flexibility index (Phi) is 6.59. The van der Waals surface area contributed by atoms with Gasteiger partial charge in [-0.1, -0.05) is 42.5 Å². The average Bonchev–Trinajstić information content (AvgIpc) is 3.32. The van der Waals surface area contributed by atoms with Crippen LogP contribution in [-0.2, 0) is 17.8 Å². The van der Waals surface area contributed by atoms with Crippen molar-refractivity contribution in [2.75, 3.05) is 5.32 Å². The van der Waals surface area contributed by atoms with Gasteiger partial charge in [0.05, 0.1) is 6.04 Å². The minimum absolute atomic E-state index is 0.0673. The number of amides is 1. The van der Waals surface area contributed by atoms with Gasteiger partial charge in [0.25, 0.3) is 0 Å². The fourth-order valence-corrected chi connectivity index (χ4v) is 3.78. The van der Waals surface area contributed by atoms with E-state index in [0.29, 0.717) is 13.0 Å². The van der Waals surface area contributed by atoms with E-state index in [0.717, 1.165) is 27.4 Å². The largest absolute Gasteiger partial charge is 0.325 e. The van der Waals surface area contributed by atoms with Crippen molar-refractivity contribution in [1.29, 1.82) is 0 Å². The summed E-state index contributed by atoms with van der Waals surface area (Å²) >= 11 is 1.58. The van der Waals surface area contributed by atoms with Gasteiger partial charge in [-0.05, 0) is 47.4 Å². The van der Waals surface area contributed by atoms with Crippen LogP contribution in [0.3, 0.4) is 0 Å². The highest BCUT2D eigenvalue weighted by molar-refractivity contribution is 7.09. The molecule has 2 aromatic heterocycles. The normalized spacial score (nSPS) is 11.7. The van der Waals surface area contributed by atoms with Crippen molar-refractivity contribution in [3.63, 3.8) is 0 Å². The molecule has 0 saturated heterocycles. The van der Waals surface area contributed by atoms with Crippen LogP contribution >= 0.6 is 11.3 Å². The van der Waals surface area contributed by atoms with Crippen LogP contribution in [0.1, 0.15) is 10.6 Å². The van der Waals surface area contributed by atoms with Crippen molar-refractivity contribution in [2.24, 2.45) is 0 Å². The van der Waals surface area contributed by atoms with Gasteiger partial charge in [0.2, 0.25) is 5.91 Å². The SMILES string of the molecule is O=C(Nc1cccc(-c2ccncc2)c1)C(Cc1ccccc1)NCc1nccs1. The molecule has 0 spiro atoms. The van der Waals surface area contributed by atoms with E-state index in [9.17, 15) is 4.79 Å². The fourth-order valence-electron chi connectivity index (χ4n) is 3.21. The molecular weight excluding hydrogens is 392 g/mol. The maximum Gasteiger partial charge on any atom is 0.241 e. The van der Waals surface area contributed by atoms with Crippen molar-refractivity contribution in [3.8, 4) is 11.1 Å². The zero-order valence-corrected chi connectivity index (χ0v) is 17.2. The van der Waals surface area contributed by atoms with E-state index in [-0.39, 0.29) is 11.9 Å². The molecule has 1 atom stereocenters. The highest BCUT2D eigenvalue weighted by Crippen LogP contribution is 2.22. The topological polar surface area (TPSA) is 66.9 Å². The Morgan fingerprint density at radius 3 is 2.53 bits per heavy atom. The lowest BCUT2D eigenvalue weighted by molar-refractivity contribution is -0.118. The number of hydrogen-bond donors (Lipinski definition) is 2. The van der Waals surface area contributed by atoms with Gasteiger partial charge in [-0.2, -0.15) is 0 Å². The van der Waals surface area contributed by atoms with Crippen LogP contribution < -0.4 is 10.6 Å². The second-order valence-corrected chi connectivity index (χ2v) is 7.83. The van der Waals surface area contributed by atoms with Crippen molar-refractivity contribution in [2.45, 2.75) is 19.0 Å². The van der Waals surface area contributed by atoms with E-state index in [2.05, 4.69) is 20.6 Å². The summed E-state index contributed by atoms with van der Waals surface area (Å²) in [6.45, 7) is 0.555. The number of hydrogen-bond acceptors (Lipinski definition) is 5. The number of pyridine rings is 1. The summed E-state index contributed by atoms with van der Waals surface area (Å²) in [6.07, 6.45) is 5.90. The third kappa shape index (κ3) is 5.37. The monoisotopic (exact) mass is 414 g/mol. The van der Waals surface area contributed by atoms with Crippen molar-refractivity contribution >= 4 is 22.9 Å². The highest BCUT2D eigenvalue weighted by Gasteiger charge is 2.19. The fraction of sp³-hybridized carbons (Fsp3) is 0.125. The molecule has 6 heteroatoms. The van der Waals surface area contributed by atoms with Gasteiger partial charge in [0, 0.05) is 36.2 Å². The molecule has 0 radical (unpaired) electrons. The summed E-state index contributed by atoms with van der Waals surface area (Å²) in [5, 5.41) is 9.33. The zero-order valence-electron chi connectivity index (χ0n) is 16.4. The molecule has 4 rings (SSSR count). The number of aromatic nitrogens is 2. The summed E-state index contributed by atoms with van der Waals surface area (Å²) in [7, 11) is 0. The molecule has 0 fully saturated rings. The molecule has 5 nitrogen and oxygen atoms in total. The number of carbonyl (C=O) groups excluding carboxylic acids is 1. The molecule has 1 unspecified atom stereocenters. The molecule has 1 amide bonds. The quantitative estimate of drug-likeness (QED) is 0.444. The Bertz CT molecular complexity index is 1070. The second-order valence-electron chi connectivity index (χ2n) is 6.85. The number of benzene rings is 2. The van der Waals surface area contributed by atoms with E-state index in [1.54, 1.807) is 29.9 Å². The molecule has 0 saturated carbocycles. The maximum atomic E-state index is 13.1. The average molecular weight is 415 g/mol. The Balaban J connectivity index is 1.49. The molecule has 30 heavy (non-hydrogen) atoms. The molecule has 4 aromatic rings. The summed E-state index contributed by atoms with van der Waals surface area (Å²) in [4.78, 5) is 21.5. The van der Waals surface area contributed by atoms with Crippen LogP contribution in [0.4, 0.5) is 5.69 Å². The van der Waals surface area contributed by atoms with Crippen LogP contribution in [0.25, 0.3) is 11.1 Å². The van der Waals surface area contributed by atoms with Crippen molar-refractivity contribution < 1.29 is 4.79 Å². The Labute approximate surface area is 179 Å². The van der Waals surface area contributed by atoms with Crippen LogP contribution in [0.5, 0.6) is 0 Å². The third-order valence-electron chi connectivity index (χ3n) is 4.73. The van der Waals surface area contributed by atoms with Crippen LogP contribution in [-0.4, -0.2) is 21.9 Å². The summed E-state index contributed by atoms with van der Waals surface area (Å²) in [5.74, 6) is -0.0673. The van der Waals surface area contributed by atoms with E-state index in [1.165, 1.54) is 0 Å². The second kappa shape index (κ2) is 9.91. The number of nitrogens with one attached hydrogen (secondary N) is 2. The molecule has 0 aliphatic heterocycles. The van der Waals surface area contributed by atoms with Crippen LogP contribution in [0.15, 0.2) is 90.7 Å². The standard InChI is InChI=1S/C24H22N4OS/c29-24(28-21-8-4-7-20(16-21)19-9-11-25-12-10-19)22(15-18-5-2-1-3-6-18)27-17-23-26-13-14-30-23/h1-14,16,22,27H,15,17H2,(H,28,29). The summed E-state index contributed by atoms with van der Waals surface area (Å²) < 4.78 is 0. The first-order valence-electron chi connectivity index (χ1n) is 9.75. The zero-order chi connectivity index (χ0) is 20.6. The number of rotatable bonds is 8. The molecule has 2 heterocycles. The lowest BCUT2D eigenvalue weighted by Gasteiger charge is -2.18. The number of thiazole rings is 1. The molecule has 0 aliphatic rings. The van der Waals surface area contributed by atoms with Crippen LogP contribution in [0, 0.1) is 0 Å². The first-order valence-corrected chi connectivity index (χ1v) is 10.6. The van der Waals surface area contributed by atoms with Gasteiger partial charge in [-0.15, -0.1) is 11.3 Å². The predicted molar refractivity (Wildman–Crippen MR) is 121 cm³/mol. The maximum absolute atomic E-state index is 13.1. The van der Waals surface area contributed by atoms with Gasteiger partial charge in [0.15, 0.2) is 0 Å².